The number of aromatic nitrogens is 4. The van der Waals surface area contributed by atoms with Crippen molar-refractivity contribution in [1.29, 1.82) is 0 Å². The Balaban J connectivity index is 1.93. The van der Waals surface area contributed by atoms with E-state index in [1.165, 1.54) is 0 Å². The topological polar surface area (TPSA) is 75.9 Å². The zero-order valence-electron chi connectivity index (χ0n) is 11.8. The number of nitrogens with zero attached hydrogens (tertiary/aromatic N) is 5. The van der Waals surface area contributed by atoms with Gasteiger partial charge in [0.25, 0.3) is 0 Å². The number of amides is 2. The number of hydrogen-bond acceptors (Lipinski definition) is 4. The van der Waals surface area contributed by atoms with Gasteiger partial charge in [0, 0.05) is 33.0 Å². The molecule has 0 unspecified atom stereocenters. The van der Waals surface area contributed by atoms with Crippen LogP contribution < -0.4 is 5.32 Å². The summed E-state index contributed by atoms with van der Waals surface area (Å²) in [6.45, 7) is 2.40. The van der Waals surface area contributed by atoms with Crippen molar-refractivity contribution in [2.45, 2.75) is 19.5 Å². The summed E-state index contributed by atoms with van der Waals surface area (Å²) in [5, 5.41) is 10.7. The van der Waals surface area contributed by atoms with Crippen molar-refractivity contribution in [2.24, 2.45) is 7.05 Å². The standard InChI is InChI=1S/C13H18N6O/c1-10(12-17-15-9-19(12)3)16-13(20)18(2)8-11-4-6-14-7-5-11/h4-7,9-10H,8H2,1-3H3,(H,16,20)/t10-/m1/s1. The van der Waals surface area contributed by atoms with Crippen LogP contribution in [0.2, 0.25) is 0 Å². The molecule has 0 saturated carbocycles. The molecule has 0 radical (unpaired) electrons. The molecule has 0 aliphatic rings. The largest absolute Gasteiger partial charge is 0.328 e. The van der Waals surface area contributed by atoms with E-state index in [1.807, 2.05) is 26.1 Å². The normalized spacial score (nSPS) is 11.9. The van der Waals surface area contributed by atoms with Crippen LogP contribution in [0.4, 0.5) is 4.79 Å². The Bertz CT molecular complexity index is 567. The van der Waals surface area contributed by atoms with E-state index < -0.39 is 0 Å². The summed E-state index contributed by atoms with van der Waals surface area (Å²) in [7, 11) is 3.60. The van der Waals surface area contributed by atoms with Gasteiger partial charge in [-0.15, -0.1) is 10.2 Å². The summed E-state index contributed by atoms with van der Waals surface area (Å²) in [6.07, 6.45) is 5.03. The molecule has 2 heterocycles. The third kappa shape index (κ3) is 3.31. The van der Waals surface area contributed by atoms with Gasteiger partial charge in [-0.3, -0.25) is 4.98 Å². The maximum Gasteiger partial charge on any atom is 0.318 e. The fourth-order valence-electron chi connectivity index (χ4n) is 1.88. The van der Waals surface area contributed by atoms with Crippen LogP contribution in [0.5, 0.6) is 0 Å². The SMILES string of the molecule is C[C@@H](NC(=O)N(C)Cc1ccncc1)c1nncn1C. The lowest BCUT2D eigenvalue weighted by Crippen LogP contribution is -2.38. The van der Waals surface area contributed by atoms with E-state index in [1.54, 1.807) is 35.2 Å². The van der Waals surface area contributed by atoms with Crippen molar-refractivity contribution in [3.8, 4) is 0 Å². The Morgan fingerprint density at radius 1 is 1.45 bits per heavy atom. The number of aryl methyl sites for hydroxylation is 1. The molecular formula is C13H18N6O. The van der Waals surface area contributed by atoms with Crippen LogP contribution in [0.3, 0.4) is 0 Å². The van der Waals surface area contributed by atoms with Crippen LogP contribution in [0.1, 0.15) is 24.4 Å². The number of urea groups is 1. The molecule has 0 aromatic carbocycles. The number of carbonyl (C=O) groups is 1. The monoisotopic (exact) mass is 274 g/mol. The lowest BCUT2D eigenvalue weighted by Gasteiger charge is -2.21. The van der Waals surface area contributed by atoms with Gasteiger partial charge in [-0.05, 0) is 24.6 Å². The van der Waals surface area contributed by atoms with Crippen molar-refractivity contribution in [1.82, 2.24) is 30.0 Å². The van der Waals surface area contributed by atoms with E-state index in [2.05, 4.69) is 20.5 Å². The third-order valence-electron chi connectivity index (χ3n) is 2.99. The van der Waals surface area contributed by atoms with Crippen LogP contribution in [0.25, 0.3) is 0 Å². The maximum absolute atomic E-state index is 12.1. The lowest BCUT2D eigenvalue weighted by atomic mass is 10.2. The second-order valence-corrected chi connectivity index (χ2v) is 4.68. The van der Waals surface area contributed by atoms with Crippen molar-refractivity contribution < 1.29 is 4.79 Å². The first-order valence-electron chi connectivity index (χ1n) is 6.32. The summed E-state index contributed by atoms with van der Waals surface area (Å²) in [6, 6.07) is 3.42. The summed E-state index contributed by atoms with van der Waals surface area (Å²) in [5.41, 5.74) is 1.03. The predicted octanol–water partition coefficient (Wildman–Crippen LogP) is 1.11. The Kier molecular flexibility index (Phi) is 4.29. The zero-order valence-corrected chi connectivity index (χ0v) is 11.8. The Hall–Kier alpha value is -2.44. The molecule has 0 spiro atoms. The smallest absolute Gasteiger partial charge is 0.318 e. The average Bonchev–Trinajstić information content (AvgIpc) is 2.86. The molecule has 0 aliphatic carbocycles. The molecule has 0 aliphatic heterocycles. The van der Waals surface area contributed by atoms with Crippen molar-refractivity contribution in [2.75, 3.05) is 7.05 Å². The average molecular weight is 274 g/mol. The molecule has 7 heteroatoms. The van der Waals surface area contributed by atoms with Crippen molar-refractivity contribution in [3.05, 3.63) is 42.2 Å². The molecule has 7 nitrogen and oxygen atoms in total. The Labute approximate surface area is 117 Å². The van der Waals surface area contributed by atoms with Gasteiger partial charge in [0.1, 0.15) is 6.33 Å². The number of pyridine rings is 1. The lowest BCUT2D eigenvalue weighted by molar-refractivity contribution is 0.203. The molecule has 2 amide bonds. The van der Waals surface area contributed by atoms with Crippen LogP contribution >= 0.6 is 0 Å². The molecule has 0 bridgehead atoms. The predicted molar refractivity (Wildman–Crippen MR) is 73.7 cm³/mol. The highest BCUT2D eigenvalue weighted by Gasteiger charge is 2.16. The molecular weight excluding hydrogens is 256 g/mol. The summed E-state index contributed by atoms with van der Waals surface area (Å²) in [5.74, 6) is 0.718. The van der Waals surface area contributed by atoms with Crippen molar-refractivity contribution >= 4 is 6.03 Å². The molecule has 20 heavy (non-hydrogen) atoms. The first-order valence-corrected chi connectivity index (χ1v) is 6.32. The van der Waals surface area contributed by atoms with Gasteiger partial charge in [0.05, 0.1) is 6.04 Å². The molecule has 0 saturated heterocycles. The summed E-state index contributed by atoms with van der Waals surface area (Å²) < 4.78 is 1.79. The van der Waals surface area contributed by atoms with Gasteiger partial charge in [-0.2, -0.15) is 0 Å². The highest BCUT2D eigenvalue weighted by molar-refractivity contribution is 5.74. The second kappa shape index (κ2) is 6.14. The zero-order chi connectivity index (χ0) is 14.5. The minimum atomic E-state index is -0.199. The van der Waals surface area contributed by atoms with Gasteiger partial charge in [0.15, 0.2) is 5.82 Å². The van der Waals surface area contributed by atoms with Gasteiger partial charge >= 0.3 is 6.03 Å². The van der Waals surface area contributed by atoms with Gasteiger partial charge < -0.3 is 14.8 Å². The molecule has 106 valence electrons. The minimum Gasteiger partial charge on any atom is -0.328 e. The molecule has 2 rings (SSSR count). The van der Waals surface area contributed by atoms with Crippen LogP contribution in [-0.4, -0.2) is 37.7 Å². The molecule has 1 atom stereocenters. The number of nitrogens with one attached hydrogen (secondary N) is 1. The molecule has 2 aromatic heterocycles. The van der Waals surface area contributed by atoms with E-state index in [0.717, 1.165) is 11.4 Å². The number of rotatable bonds is 4. The summed E-state index contributed by atoms with van der Waals surface area (Å²) >= 11 is 0. The van der Waals surface area contributed by atoms with E-state index in [0.29, 0.717) is 6.54 Å². The fourth-order valence-corrected chi connectivity index (χ4v) is 1.88. The van der Waals surface area contributed by atoms with E-state index in [9.17, 15) is 4.79 Å². The van der Waals surface area contributed by atoms with E-state index in [-0.39, 0.29) is 12.1 Å². The third-order valence-corrected chi connectivity index (χ3v) is 2.99. The Morgan fingerprint density at radius 3 is 2.75 bits per heavy atom. The molecule has 2 aromatic rings. The van der Waals surface area contributed by atoms with Crippen LogP contribution in [0, 0.1) is 0 Å². The molecule has 0 fully saturated rings. The highest BCUT2D eigenvalue weighted by Crippen LogP contribution is 2.08. The number of hydrogen-bond donors (Lipinski definition) is 1. The van der Waals surface area contributed by atoms with Gasteiger partial charge in [0.2, 0.25) is 0 Å². The van der Waals surface area contributed by atoms with E-state index in [4.69, 9.17) is 0 Å². The quantitative estimate of drug-likeness (QED) is 0.906. The Morgan fingerprint density at radius 2 is 2.15 bits per heavy atom. The van der Waals surface area contributed by atoms with Crippen LogP contribution in [0.15, 0.2) is 30.9 Å². The first-order chi connectivity index (χ1) is 9.58. The van der Waals surface area contributed by atoms with Crippen molar-refractivity contribution in [3.63, 3.8) is 0 Å². The van der Waals surface area contributed by atoms with Crippen LogP contribution in [-0.2, 0) is 13.6 Å². The maximum atomic E-state index is 12.1. The van der Waals surface area contributed by atoms with E-state index >= 15 is 0 Å². The van der Waals surface area contributed by atoms with Gasteiger partial charge in [-0.1, -0.05) is 0 Å². The van der Waals surface area contributed by atoms with Gasteiger partial charge in [-0.25, -0.2) is 4.79 Å². The summed E-state index contributed by atoms with van der Waals surface area (Å²) in [4.78, 5) is 17.7. The fraction of sp³-hybridized carbons (Fsp3) is 0.385. The number of carbonyl (C=O) groups excluding carboxylic acids is 1. The molecule has 1 N–H and O–H groups in total. The second-order valence-electron chi connectivity index (χ2n) is 4.68. The highest BCUT2D eigenvalue weighted by atomic mass is 16.2. The minimum absolute atomic E-state index is 0.155. The first kappa shape index (κ1) is 14.0.